The third-order valence-corrected chi connectivity index (χ3v) is 4.50. The highest BCUT2D eigenvalue weighted by molar-refractivity contribution is 14.0. The van der Waals surface area contributed by atoms with Crippen LogP contribution in [0.1, 0.15) is 26.3 Å². The summed E-state index contributed by atoms with van der Waals surface area (Å²) in [4.78, 5) is 10.8. The molecule has 0 spiro atoms. The molecule has 1 aromatic heterocycles. The fourth-order valence-corrected chi connectivity index (χ4v) is 2.84. The molecule has 0 saturated carbocycles. The van der Waals surface area contributed by atoms with E-state index in [4.69, 9.17) is 4.74 Å². The zero-order valence-corrected chi connectivity index (χ0v) is 19.9. The van der Waals surface area contributed by atoms with Gasteiger partial charge in [0, 0.05) is 44.0 Å². The van der Waals surface area contributed by atoms with E-state index in [0.29, 0.717) is 25.6 Å². The molecule has 1 aromatic rings. The summed E-state index contributed by atoms with van der Waals surface area (Å²) >= 11 is 0. The first kappa shape index (κ1) is 26.7. The van der Waals surface area contributed by atoms with Crippen molar-refractivity contribution < 1.29 is 22.6 Å². The summed E-state index contributed by atoms with van der Waals surface area (Å²) in [6.07, 6.45) is -2.91. The van der Waals surface area contributed by atoms with Crippen LogP contribution >= 0.6 is 24.0 Å². The molecule has 0 amide bonds. The summed E-state index contributed by atoms with van der Waals surface area (Å²) < 4.78 is 46.6. The molecule has 30 heavy (non-hydrogen) atoms. The van der Waals surface area contributed by atoms with Gasteiger partial charge in [-0.2, -0.15) is 13.2 Å². The van der Waals surface area contributed by atoms with Gasteiger partial charge in [0.05, 0.1) is 19.8 Å². The number of aromatic nitrogens is 1. The minimum Gasteiger partial charge on any atom is -0.468 e. The number of nitrogens with zero attached hydrogens (tertiary/aromatic N) is 3. The number of nitrogens with one attached hydrogen (secondary N) is 2. The van der Waals surface area contributed by atoms with Gasteiger partial charge in [0.1, 0.15) is 0 Å². The van der Waals surface area contributed by atoms with Gasteiger partial charge >= 0.3 is 6.18 Å². The summed E-state index contributed by atoms with van der Waals surface area (Å²) in [6, 6.07) is 3.07. The maximum atomic E-state index is 12.2. The number of hydrogen-bond donors (Lipinski definition) is 2. The van der Waals surface area contributed by atoms with Crippen LogP contribution in [0.25, 0.3) is 0 Å². The van der Waals surface area contributed by atoms with Gasteiger partial charge in [-0.15, -0.1) is 24.0 Å². The summed E-state index contributed by atoms with van der Waals surface area (Å²) in [5.74, 6) is 0.610. The molecule has 7 nitrogen and oxygen atoms in total. The quantitative estimate of drug-likeness (QED) is 0.298. The molecule has 0 aromatic carbocycles. The van der Waals surface area contributed by atoms with Crippen molar-refractivity contribution in [2.24, 2.45) is 4.99 Å². The molecule has 2 heterocycles. The highest BCUT2D eigenvalue weighted by Gasteiger charge is 2.29. The molecule has 0 unspecified atom stereocenters. The van der Waals surface area contributed by atoms with Crippen LogP contribution in [-0.2, 0) is 11.3 Å². The van der Waals surface area contributed by atoms with Crippen molar-refractivity contribution in [2.45, 2.75) is 39.0 Å². The Hall–Kier alpha value is -1.34. The van der Waals surface area contributed by atoms with Crippen LogP contribution in [0.2, 0.25) is 0 Å². The molecular weight excluding hydrogens is 514 g/mol. The van der Waals surface area contributed by atoms with Gasteiger partial charge in [0.15, 0.2) is 12.6 Å². The van der Waals surface area contributed by atoms with Crippen LogP contribution in [0.4, 0.5) is 13.2 Å². The highest BCUT2D eigenvalue weighted by atomic mass is 127. The highest BCUT2D eigenvalue weighted by Crippen LogP contribution is 2.17. The van der Waals surface area contributed by atoms with Crippen molar-refractivity contribution in [2.75, 3.05) is 46.0 Å². The number of ether oxygens (including phenoxy) is 2. The third-order valence-electron chi connectivity index (χ3n) is 4.50. The lowest BCUT2D eigenvalue weighted by Crippen LogP contribution is -2.56. The van der Waals surface area contributed by atoms with Crippen molar-refractivity contribution in [3.63, 3.8) is 0 Å². The molecule has 2 rings (SSSR count). The Morgan fingerprint density at radius 1 is 1.23 bits per heavy atom. The van der Waals surface area contributed by atoms with Crippen LogP contribution in [0, 0.1) is 0 Å². The first-order valence-corrected chi connectivity index (χ1v) is 9.69. The Morgan fingerprint density at radius 2 is 1.93 bits per heavy atom. The average molecular weight is 545 g/mol. The molecule has 1 aliphatic heterocycles. The minimum absolute atomic E-state index is 0. The number of morpholine rings is 1. The van der Waals surface area contributed by atoms with Gasteiger partial charge < -0.3 is 20.1 Å². The summed E-state index contributed by atoms with van der Waals surface area (Å²) in [5.41, 5.74) is 0.716. The van der Waals surface area contributed by atoms with Gasteiger partial charge in [0.2, 0.25) is 5.88 Å². The molecule has 1 saturated heterocycles. The summed E-state index contributed by atoms with van der Waals surface area (Å²) in [7, 11) is 0. The van der Waals surface area contributed by atoms with Crippen molar-refractivity contribution in [1.82, 2.24) is 20.5 Å². The molecule has 172 valence electrons. The normalized spacial score (nSPS) is 16.0. The van der Waals surface area contributed by atoms with E-state index in [1.54, 1.807) is 6.07 Å². The van der Waals surface area contributed by atoms with E-state index in [1.165, 1.54) is 12.3 Å². The second-order valence-electron chi connectivity index (χ2n) is 7.37. The fourth-order valence-electron chi connectivity index (χ4n) is 2.84. The van der Waals surface area contributed by atoms with Crippen LogP contribution in [0.3, 0.4) is 0 Å². The van der Waals surface area contributed by atoms with Crippen molar-refractivity contribution >= 4 is 29.9 Å². The molecule has 1 aliphatic rings. The van der Waals surface area contributed by atoms with E-state index >= 15 is 0 Å². The Bertz CT molecular complexity index is 651. The van der Waals surface area contributed by atoms with Crippen LogP contribution in [0.5, 0.6) is 5.88 Å². The molecule has 0 bridgehead atoms. The molecular formula is C19H31F3IN5O2. The second kappa shape index (κ2) is 12.5. The molecule has 0 radical (unpaired) electrons. The van der Waals surface area contributed by atoms with E-state index in [-0.39, 0.29) is 35.4 Å². The van der Waals surface area contributed by atoms with Crippen molar-refractivity contribution in [3.05, 3.63) is 23.9 Å². The minimum atomic E-state index is -4.38. The van der Waals surface area contributed by atoms with E-state index < -0.39 is 12.8 Å². The molecule has 11 heteroatoms. The summed E-state index contributed by atoms with van der Waals surface area (Å²) in [6.45, 7) is 10.0. The molecule has 0 aliphatic carbocycles. The van der Waals surface area contributed by atoms with Gasteiger partial charge in [0.25, 0.3) is 0 Å². The topological polar surface area (TPSA) is 71.0 Å². The van der Waals surface area contributed by atoms with E-state index in [2.05, 4.69) is 44.1 Å². The lowest BCUT2D eigenvalue weighted by molar-refractivity contribution is -0.154. The zero-order valence-electron chi connectivity index (χ0n) is 17.6. The molecule has 0 atom stereocenters. The number of alkyl halides is 3. The van der Waals surface area contributed by atoms with Crippen LogP contribution < -0.4 is 15.4 Å². The molecule has 2 N–H and O–H groups in total. The van der Waals surface area contributed by atoms with E-state index in [0.717, 1.165) is 31.9 Å². The lowest BCUT2D eigenvalue weighted by Gasteiger charge is -2.41. The van der Waals surface area contributed by atoms with Crippen LogP contribution in [0.15, 0.2) is 23.3 Å². The van der Waals surface area contributed by atoms with Gasteiger partial charge in [-0.25, -0.2) is 9.98 Å². The number of hydrogen-bond acceptors (Lipinski definition) is 5. The zero-order chi connectivity index (χ0) is 21.3. The maximum Gasteiger partial charge on any atom is 0.422 e. The SMILES string of the molecule is CCNC(=NCc1ccc(OCC(F)(F)F)nc1)NCC(C)(C)N1CCOCC1.I. The third kappa shape index (κ3) is 9.65. The number of aliphatic imine (C=N–C) groups is 1. The Kier molecular flexibility index (Phi) is 11.1. The smallest absolute Gasteiger partial charge is 0.422 e. The second-order valence-corrected chi connectivity index (χ2v) is 7.37. The first-order chi connectivity index (χ1) is 13.7. The average Bonchev–Trinajstić information content (AvgIpc) is 2.69. The lowest BCUT2D eigenvalue weighted by atomic mass is 10.0. The van der Waals surface area contributed by atoms with Crippen LogP contribution in [-0.4, -0.2) is 73.6 Å². The predicted molar refractivity (Wildman–Crippen MR) is 120 cm³/mol. The number of pyridine rings is 1. The maximum absolute atomic E-state index is 12.2. The standard InChI is InChI=1S/C19H30F3N5O2.HI/c1-4-23-17(26-13-18(2,3)27-7-9-28-10-8-27)25-12-15-5-6-16(24-11-15)29-14-19(20,21)22;/h5-6,11H,4,7-10,12-14H2,1-3H3,(H2,23,25,26);1H. The van der Waals surface area contributed by atoms with E-state index in [1.807, 2.05) is 6.92 Å². The van der Waals surface area contributed by atoms with E-state index in [9.17, 15) is 13.2 Å². The number of halogens is 4. The molecule has 1 fully saturated rings. The largest absolute Gasteiger partial charge is 0.468 e. The first-order valence-electron chi connectivity index (χ1n) is 9.69. The number of rotatable bonds is 8. The van der Waals surface area contributed by atoms with Gasteiger partial charge in [-0.1, -0.05) is 6.07 Å². The fraction of sp³-hybridized carbons (Fsp3) is 0.684. The van der Waals surface area contributed by atoms with Gasteiger partial charge in [-0.05, 0) is 26.3 Å². The van der Waals surface area contributed by atoms with Crippen molar-refractivity contribution in [3.8, 4) is 5.88 Å². The predicted octanol–water partition coefficient (Wildman–Crippen LogP) is 2.81. The summed E-state index contributed by atoms with van der Waals surface area (Å²) in [5, 5.41) is 6.57. The Labute approximate surface area is 192 Å². The Morgan fingerprint density at radius 3 is 2.50 bits per heavy atom. The van der Waals surface area contributed by atoms with Crippen molar-refractivity contribution in [1.29, 1.82) is 0 Å². The van der Waals surface area contributed by atoms with Gasteiger partial charge in [-0.3, -0.25) is 4.90 Å². The Balaban J connectivity index is 0.00000450. The number of guanidine groups is 1. The monoisotopic (exact) mass is 545 g/mol.